The standard InChI is InChI=1S/C25H22N2O5/c1-15-12-17(9-10-20(15)32-2)23(29)21-22(16-6-5-8-19(28)13-16)27(25(31)24(21)30)14-18-7-3-4-11-26-18/h3-13,22,28-29H,14H2,1-2H3/b23-21-. The minimum absolute atomic E-state index is 0.00813. The van der Waals surface area contributed by atoms with Gasteiger partial charge < -0.3 is 19.8 Å². The van der Waals surface area contributed by atoms with Crippen molar-refractivity contribution in [3.8, 4) is 11.5 Å². The lowest BCUT2D eigenvalue weighted by Crippen LogP contribution is -2.29. The molecule has 0 saturated carbocycles. The van der Waals surface area contributed by atoms with E-state index in [2.05, 4.69) is 4.98 Å². The Morgan fingerprint density at radius 3 is 2.56 bits per heavy atom. The minimum Gasteiger partial charge on any atom is -0.508 e. The molecule has 1 aliphatic heterocycles. The van der Waals surface area contributed by atoms with Gasteiger partial charge in [0, 0.05) is 11.8 Å². The maximum atomic E-state index is 13.1. The number of hydrogen-bond acceptors (Lipinski definition) is 6. The van der Waals surface area contributed by atoms with E-state index in [-0.39, 0.29) is 23.6 Å². The van der Waals surface area contributed by atoms with E-state index in [1.54, 1.807) is 61.8 Å². The summed E-state index contributed by atoms with van der Waals surface area (Å²) >= 11 is 0. The molecule has 7 nitrogen and oxygen atoms in total. The number of ether oxygens (including phenoxy) is 1. The normalized spacial score (nSPS) is 17.6. The van der Waals surface area contributed by atoms with E-state index in [1.807, 2.05) is 6.92 Å². The van der Waals surface area contributed by atoms with Gasteiger partial charge in [-0.2, -0.15) is 0 Å². The van der Waals surface area contributed by atoms with Crippen LogP contribution in [0.1, 0.15) is 28.4 Å². The molecular formula is C25H22N2O5. The highest BCUT2D eigenvalue weighted by Crippen LogP contribution is 2.41. The molecule has 1 atom stereocenters. The van der Waals surface area contributed by atoms with Gasteiger partial charge in [-0.25, -0.2) is 0 Å². The van der Waals surface area contributed by atoms with Crippen molar-refractivity contribution >= 4 is 17.4 Å². The van der Waals surface area contributed by atoms with E-state index in [0.29, 0.717) is 22.6 Å². The maximum absolute atomic E-state index is 13.1. The third-order valence-electron chi connectivity index (χ3n) is 5.45. The summed E-state index contributed by atoms with van der Waals surface area (Å²) in [6.45, 7) is 1.89. The number of amides is 1. The average molecular weight is 430 g/mol. The first-order chi connectivity index (χ1) is 15.4. The Kier molecular flexibility index (Phi) is 5.64. The fourth-order valence-corrected chi connectivity index (χ4v) is 3.93. The molecule has 2 heterocycles. The Morgan fingerprint density at radius 2 is 1.91 bits per heavy atom. The highest BCUT2D eigenvalue weighted by atomic mass is 16.5. The lowest BCUT2D eigenvalue weighted by molar-refractivity contribution is -0.140. The molecular weight excluding hydrogens is 408 g/mol. The number of Topliss-reactive ketones (excluding diaryl/α,β-unsaturated/α-hetero) is 1. The van der Waals surface area contributed by atoms with Crippen LogP contribution in [0.3, 0.4) is 0 Å². The van der Waals surface area contributed by atoms with Gasteiger partial charge in [-0.1, -0.05) is 18.2 Å². The van der Waals surface area contributed by atoms with Crippen molar-refractivity contribution in [3.63, 3.8) is 0 Å². The Hall–Kier alpha value is -4.13. The number of phenols is 1. The van der Waals surface area contributed by atoms with Gasteiger partial charge in [0.1, 0.15) is 17.3 Å². The van der Waals surface area contributed by atoms with Crippen LogP contribution in [0.5, 0.6) is 11.5 Å². The maximum Gasteiger partial charge on any atom is 0.296 e. The molecule has 2 aromatic carbocycles. The Morgan fingerprint density at radius 1 is 1.09 bits per heavy atom. The second kappa shape index (κ2) is 8.55. The lowest BCUT2D eigenvalue weighted by Gasteiger charge is -2.25. The highest BCUT2D eigenvalue weighted by Gasteiger charge is 2.46. The molecule has 0 spiro atoms. The molecule has 1 aliphatic rings. The summed E-state index contributed by atoms with van der Waals surface area (Å²) in [5.74, 6) is -1.19. The van der Waals surface area contributed by atoms with Gasteiger partial charge in [0.05, 0.1) is 31.0 Å². The zero-order valence-electron chi connectivity index (χ0n) is 17.6. The number of carbonyl (C=O) groups is 2. The number of aliphatic hydroxyl groups is 1. The van der Waals surface area contributed by atoms with Crippen molar-refractivity contribution in [2.45, 2.75) is 19.5 Å². The van der Waals surface area contributed by atoms with Crippen molar-refractivity contribution < 1.29 is 24.5 Å². The predicted molar refractivity (Wildman–Crippen MR) is 118 cm³/mol. The van der Waals surface area contributed by atoms with Crippen LogP contribution in [-0.4, -0.2) is 38.9 Å². The molecule has 3 aromatic rings. The SMILES string of the molecule is COc1ccc(/C(O)=C2/C(=O)C(=O)N(Cc3ccccn3)C2c2cccc(O)c2)cc1C. The summed E-state index contributed by atoms with van der Waals surface area (Å²) in [5.41, 5.74) is 2.23. The van der Waals surface area contributed by atoms with Gasteiger partial charge in [0.2, 0.25) is 0 Å². The van der Waals surface area contributed by atoms with Crippen LogP contribution in [0.4, 0.5) is 0 Å². The molecule has 1 fully saturated rings. The second-order valence-corrected chi connectivity index (χ2v) is 7.53. The first-order valence-electron chi connectivity index (χ1n) is 10.0. The molecule has 0 aliphatic carbocycles. The average Bonchev–Trinajstić information content (AvgIpc) is 3.04. The fourth-order valence-electron chi connectivity index (χ4n) is 3.93. The number of nitrogens with zero attached hydrogens (tertiary/aromatic N) is 2. The molecule has 2 N–H and O–H groups in total. The van der Waals surface area contributed by atoms with Crippen LogP contribution >= 0.6 is 0 Å². The number of aliphatic hydroxyl groups excluding tert-OH is 1. The third-order valence-corrected chi connectivity index (χ3v) is 5.45. The molecule has 7 heteroatoms. The number of carbonyl (C=O) groups excluding carboxylic acids is 2. The summed E-state index contributed by atoms with van der Waals surface area (Å²) in [4.78, 5) is 31.7. The zero-order chi connectivity index (χ0) is 22.8. The molecule has 1 unspecified atom stereocenters. The fraction of sp³-hybridized carbons (Fsp3) is 0.160. The smallest absolute Gasteiger partial charge is 0.296 e. The number of likely N-dealkylation sites (tertiary alicyclic amines) is 1. The Labute approximate surface area is 185 Å². The quantitative estimate of drug-likeness (QED) is 0.364. The topological polar surface area (TPSA) is 100.0 Å². The molecule has 162 valence electrons. The van der Waals surface area contributed by atoms with Gasteiger partial charge >= 0.3 is 0 Å². The van der Waals surface area contributed by atoms with Crippen LogP contribution in [-0.2, 0) is 16.1 Å². The van der Waals surface area contributed by atoms with Crippen LogP contribution in [0.2, 0.25) is 0 Å². The summed E-state index contributed by atoms with van der Waals surface area (Å²) in [6, 6.07) is 15.8. The Balaban J connectivity index is 1.87. The molecule has 0 radical (unpaired) electrons. The number of hydrogen-bond donors (Lipinski definition) is 2. The number of pyridine rings is 1. The van der Waals surface area contributed by atoms with Gasteiger partial charge in [0.25, 0.3) is 11.7 Å². The van der Waals surface area contributed by atoms with Crippen molar-refractivity contribution in [1.82, 2.24) is 9.88 Å². The number of aryl methyl sites for hydroxylation is 1. The third kappa shape index (κ3) is 3.80. The van der Waals surface area contributed by atoms with Crippen molar-refractivity contribution in [1.29, 1.82) is 0 Å². The highest BCUT2D eigenvalue weighted by molar-refractivity contribution is 6.46. The van der Waals surface area contributed by atoms with E-state index in [9.17, 15) is 19.8 Å². The van der Waals surface area contributed by atoms with Gasteiger partial charge in [-0.3, -0.25) is 14.6 Å². The summed E-state index contributed by atoms with van der Waals surface area (Å²) in [5, 5.41) is 21.2. The van der Waals surface area contributed by atoms with E-state index >= 15 is 0 Å². The molecule has 1 amide bonds. The Bertz CT molecular complexity index is 1220. The van der Waals surface area contributed by atoms with E-state index in [4.69, 9.17) is 4.74 Å². The number of phenolic OH excluding ortho intramolecular Hbond substituents is 1. The van der Waals surface area contributed by atoms with Gasteiger partial charge in [-0.05, 0) is 60.5 Å². The number of rotatable bonds is 5. The minimum atomic E-state index is -0.883. The number of methoxy groups -OCH3 is 1. The van der Waals surface area contributed by atoms with E-state index < -0.39 is 17.7 Å². The number of aromatic hydroxyl groups is 1. The number of benzene rings is 2. The molecule has 4 rings (SSSR count). The van der Waals surface area contributed by atoms with Gasteiger partial charge in [0.15, 0.2) is 0 Å². The van der Waals surface area contributed by atoms with Crippen LogP contribution in [0.15, 0.2) is 72.4 Å². The monoisotopic (exact) mass is 430 g/mol. The van der Waals surface area contributed by atoms with E-state index in [0.717, 1.165) is 5.56 Å². The molecule has 32 heavy (non-hydrogen) atoms. The summed E-state index contributed by atoms with van der Waals surface area (Å²) in [7, 11) is 1.55. The molecule has 1 saturated heterocycles. The number of ketones is 1. The van der Waals surface area contributed by atoms with Crippen LogP contribution in [0.25, 0.3) is 5.76 Å². The largest absolute Gasteiger partial charge is 0.508 e. The van der Waals surface area contributed by atoms with Crippen molar-refractivity contribution in [3.05, 3.63) is 94.8 Å². The molecule has 1 aromatic heterocycles. The zero-order valence-corrected chi connectivity index (χ0v) is 17.6. The molecule has 0 bridgehead atoms. The summed E-state index contributed by atoms with van der Waals surface area (Å²) in [6.07, 6.45) is 1.61. The van der Waals surface area contributed by atoms with Crippen molar-refractivity contribution in [2.75, 3.05) is 7.11 Å². The first-order valence-corrected chi connectivity index (χ1v) is 10.0. The lowest BCUT2D eigenvalue weighted by atomic mass is 9.94. The predicted octanol–water partition coefficient (Wildman–Crippen LogP) is 3.73. The van der Waals surface area contributed by atoms with Crippen molar-refractivity contribution in [2.24, 2.45) is 0 Å². The number of aromatic nitrogens is 1. The second-order valence-electron chi connectivity index (χ2n) is 7.53. The first kappa shape index (κ1) is 21.1. The summed E-state index contributed by atoms with van der Waals surface area (Å²) < 4.78 is 5.27. The van der Waals surface area contributed by atoms with Crippen LogP contribution in [0, 0.1) is 6.92 Å². The van der Waals surface area contributed by atoms with E-state index in [1.165, 1.54) is 17.0 Å². The van der Waals surface area contributed by atoms with Gasteiger partial charge in [-0.15, -0.1) is 0 Å². The van der Waals surface area contributed by atoms with Crippen LogP contribution < -0.4 is 4.74 Å².